The van der Waals surface area contributed by atoms with E-state index in [1.54, 1.807) is 12.4 Å². The molecule has 0 saturated carbocycles. The highest BCUT2D eigenvalue weighted by molar-refractivity contribution is 5.60. The third-order valence-electron chi connectivity index (χ3n) is 2.32. The zero-order valence-electron chi connectivity index (χ0n) is 10.4. The van der Waals surface area contributed by atoms with Crippen LogP contribution in [0.1, 0.15) is 12.7 Å². The zero-order chi connectivity index (χ0) is 12.8. The molecule has 2 heterocycles. The van der Waals surface area contributed by atoms with Crippen molar-refractivity contribution < 1.29 is 4.74 Å². The van der Waals surface area contributed by atoms with Crippen molar-refractivity contribution in [2.45, 2.75) is 13.5 Å². The fraction of sp³-hybridized carbons (Fsp3) is 0.333. The molecule has 0 amide bonds. The Morgan fingerprint density at radius 2 is 2.00 bits per heavy atom. The van der Waals surface area contributed by atoms with Gasteiger partial charge in [-0.15, -0.1) is 0 Å². The average Bonchev–Trinajstić information content (AvgIpc) is 2.45. The van der Waals surface area contributed by atoms with Gasteiger partial charge in [0.15, 0.2) is 5.82 Å². The minimum absolute atomic E-state index is 0.396. The number of hydrogen-bond donors (Lipinski definition) is 1. The van der Waals surface area contributed by atoms with Gasteiger partial charge in [0.2, 0.25) is 0 Å². The summed E-state index contributed by atoms with van der Waals surface area (Å²) in [5, 5.41) is 3.01. The van der Waals surface area contributed by atoms with Crippen LogP contribution in [0.2, 0.25) is 0 Å². The number of rotatable bonds is 5. The van der Waals surface area contributed by atoms with Crippen molar-refractivity contribution in [3.63, 3.8) is 0 Å². The SMILES string of the molecule is CCOCc1nc(NC)cc(-c2cncnc2)n1. The van der Waals surface area contributed by atoms with Crippen LogP contribution in [0, 0.1) is 0 Å². The van der Waals surface area contributed by atoms with E-state index in [2.05, 4.69) is 25.3 Å². The summed E-state index contributed by atoms with van der Waals surface area (Å²) in [7, 11) is 1.82. The lowest BCUT2D eigenvalue weighted by atomic mass is 10.2. The van der Waals surface area contributed by atoms with Crippen LogP contribution in [0.25, 0.3) is 11.3 Å². The van der Waals surface area contributed by atoms with Gasteiger partial charge in [-0.3, -0.25) is 0 Å². The van der Waals surface area contributed by atoms with E-state index >= 15 is 0 Å². The van der Waals surface area contributed by atoms with Crippen LogP contribution in [0.5, 0.6) is 0 Å². The van der Waals surface area contributed by atoms with Crippen molar-refractivity contribution in [3.8, 4) is 11.3 Å². The number of nitrogens with one attached hydrogen (secondary N) is 1. The molecule has 94 valence electrons. The molecule has 0 fully saturated rings. The molecule has 1 N–H and O–H groups in total. The second-order valence-electron chi connectivity index (χ2n) is 3.57. The first-order chi connectivity index (χ1) is 8.83. The van der Waals surface area contributed by atoms with Crippen molar-refractivity contribution in [1.29, 1.82) is 0 Å². The molecule has 0 unspecified atom stereocenters. The topological polar surface area (TPSA) is 72.8 Å². The number of aromatic nitrogens is 4. The molecule has 0 aliphatic carbocycles. The minimum Gasteiger partial charge on any atom is -0.374 e. The van der Waals surface area contributed by atoms with E-state index in [1.807, 2.05) is 20.0 Å². The van der Waals surface area contributed by atoms with E-state index < -0.39 is 0 Å². The molecule has 0 saturated heterocycles. The molecule has 6 heteroatoms. The van der Waals surface area contributed by atoms with Crippen molar-refractivity contribution in [2.75, 3.05) is 19.0 Å². The maximum Gasteiger partial charge on any atom is 0.157 e. The molecule has 2 aromatic rings. The second-order valence-corrected chi connectivity index (χ2v) is 3.57. The summed E-state index contributed by atoms with van der Waals surface area (Å²) in [6, 6.07) is 1.86. The standard InChI is InChI=1S/C12H15N5O/c1-3-18-7-12-16-10(4-11(13-2)17-12)9-5-14-8-15-6-9/h4-6,8H,3,7H2,1-2H3,(H,13,16,17). The van der Waals surface area contributed by atoms with E-state index in [1.165, 1.54) is 6.33 Å². The van der Waals surface area contributed by atoms with Crippen molar-refractivity contribution >= 4 is 5.82 Å². The highest BCUT2D eigenvalue weighted by Gasteiger charge is 2.06. The second kappa shape index (κ2) is 6.02. The van der Waals surface area contributed by atoms with Crippen molar-refractivity contribution in [1.82, 2.24) is 19.9 Å². The van der Waals surface area contributed by atoms with E-state index in [4.69, 9.17) is 4.74 Å². The summed E-state index contributed by atoms with van der Waals surface area (Å²) >= 11 is 0. The number of anilines is 1. The Morgan fingerprint density at radius 3 is 2.67 bits per heavy atom. The summed E-state index contributed by atoms with van der Waals surface area (Å²) in [6.07, 6.45) is 4.93. The molecule has 0 spiro atoms. The van der Waals surface area contributed by atoms with Crippen LogP contribution in [0.3, 0.4) is 0 Å². The molecular weight excluding hydrogens is 230 g/mol. The monoisotopic (exact) mass is 245 g/mol. The summed E-state index contributed by atoms with van der Waals surface area (Å²) in [5.41, 5.74) is 1.64. The molecular formula is C12H15N5O. The summed E-state index contributed by atoms with van der Waals surface area (Å²) in [4.78, 5) is 16.7. The normalized spacial score (nSPS) is 10.3. The highest BCUT2D eigenvalue weighted by atomic mass is 16.5. The molecule has 6 nitrogen and oxygen atoms in total. The molecule has 0 atom stereocenters. The van der Waals surface area contributed by atoms with E-state index in [-0.39, 0.29) is 0 Å². The molecule has 18 heavy (non-hydrogen) atoms. The van der Waals surface area contributed by atoms with Crippen molar-refractivity contribution in [3.05, 3.63) is 30.6 Å². The maximum atomic E-state index is 5.33. The average molecular weight is 245 g/mol. The first-order valence-corrected chi connectivity index (χ1v) is 5.72. The molecule has 0 aliphatic rings. The summed E-state index contributed by atoms with van der Waals surface area (Å²) in [5.74, 6) is 1.39. The van der Waals surface area contributed by atoms with Gasteiger partial charge in [0, 0.05) is 37.7 Å². The van der Waals surface area contributed by atoms with Crippen LogP contribution in [-0.2, 0) is 11.3 Å². The van der Waals surface area contributed by atoms with Gasteiger partial charge in [-0.05, 0) is 6.92 Å². The van der Waals surface area contributed by atoms with Crippen LogP contribution in [-0.4, -0.2) is 33.6 Å². The molecule has 0 aliphatic heterocycles. The van der Waals surface area contributed by atoms with Crippen LogP contribution in [0.15, 0.2) is 24.8 Å². The smallest absolute Gasteiger partial charge is 0.157 e. The molecule has 2 rings (SSSR count). The summed E-state index contributed by atoms with van der Waals surface area (Å²) < 4.78 is 5.33. The predicted molar refractivity (Wildman–Crippen MR) is 67.9 cm³/mol. The van der Waals surface area contributed by atoms with E-state index in [0.29, 0.717) is 19.0 Å². The largest absolute Gasteiger partial charge is 0.374 e. The number of hydrogen-bond acceptors (Lipinski definition) is 6. The lowest BCUT2D eigenvalue weighted by Crippen LogP contribution is -2.04. The lowest BCUT2D eigenvalue weighted by molar-refractivity contribution is 0.128. The Kier molecular flexibility index (Phi) is 4.14. The third-order valence-corrected chi connectivity index (χ3v) is 2.32. The Balaban J connectivity index is 2.35. The Hall–Kier alpha value is -2.08. The number of ether oxygens (including phenoxy) is 1. The lowest BCUT2D eigenvalue weighted by Gasteiger charge is -2.07. The number of nitrogens with zero attached hydrogens (tertiary/aromatic N) is 4. The molecule has 0 aromatic carbocycles. The predicted octanol–water partition coefficient (Wildman–Crippen LogP) is 1.51. The van der Waals surface area contributed by atoms with Gasteiger partial charge in [0.25, 0.3) is 0 Å². The van der Waals surface area contributed by atoms with Crippen molar-refractivity contribution in [2.24, 2.45) is 0 Å². The van der Waals surface area contributed by atoms with Gasteiger partial charge in [-0.2, -0.15) is 0 Å². The Morgan fingerprint density at radius 1 is 1.22 bits per heavy atom. The highest BCUT2D eigenvalue weighted by Crippen LogP contribution is 2.18. The van der Waals surface area contributed by atoms with Crippen LogP contribution in [0.4, 0.5) is 5.82 Å². The Bertz CT molecular complexity index is 503. The van der Waals surface area contributed by atoms with Gasteiger partial charge in [-0.25, -0.2) is 19.9 Å². The quantitative estimate of drug-likeness (QED) is 0.860. The van der Waals surface area contributed by atoms with E-state index in [9.17, 15) is 0 Å². The maximum absolute atomic E-state index is 5.33. The van der Waals surface area contributed by atoms with Crippen LogP contribution >= 0.6 is 0 Å². The first-order valence-electron chi connectivity index (χ1n) is 5.72. The Labute approximate surface area is 105 Å². The van der Waals surface area contributed by atoms with Crippen LogP contribution < -0.4 is 5.32 Å². The first kappa shape index (κ1) is 12.4. The van der Waals surface area contributed by atoms with Gasteiger partial charge >= 0.3 is 0 Å². The fourth-order valence-corrected chi connectivity index (χ4v) is 1.46. The molecule has 0 radical (unpaired) electrons. The minimum atomic E-state index is 0.396. The van der Waals surface area contributed by atoms with E-state index in [0.717, 1.165) is 17.1 Å². The fourth-order valence-electron chi connectivity index (χ4n) is 1.46. The zero-order valence-corrected chi connectivity index (χ0v) is 10.4. The van der Waals surface area contributed by atoms with Gasteiger partial charge in [-0.1, -0.05) is 0 Å². The third kappa shape index (κ3) is 2.98. The van der Waals surface area contributed by atoms with Gasteiger partial charge < -0.3 is 10.1 Å². The molecule has 0 bridgehead atoms. The molecule has 2 aromatic heterocycles. The van der Waals surface area contributed by atoms with Gasteiger partial charge in [0.05, 0.1) is 5.69 Å². The van der Waals surface area contributed by atoms with Gasteiger partial charge in [0.1, 0.15) is 18.8 Å². The summed E-state index contributed by atoms with van der Waals surface area (Å²) in [6.45, 7) is 2.97.